The summed E-state index contributed by atoms with van der Waals surface area (Å²) in [7, 11) is 0. The maximum absolute atomic E-state index is 11.4. The van der Waals surface area contributed by atoms with Crippen LogP contribution in [0.5, 0.6) is 0 Å². The van der Waals surface area contributed by atoms with Crippen LogP contribution in [0.2, 0.25) is 0 Å². The van der Waals surface area contributed by atoms with Gasteiger partial charge in [0.2, 0.25) is 0 Å². The molecule has 3 aromatic carbocycles. The van der Waals surface area contributed by atoms with E-state index in [0.717, 1.165) is 66.2 Å². The van der Waals surface area contributed by atoms with Crippen LogP contribution in [0.25, 0.3) is 78.0 Å². The van der Waals surface area contributed by atoms with E-state index in [0.29, 0.717) is 23.5 Å². The van der Waals surface area contributed by atoms with E-state index < -0.39 is 0 Å². The van der Waals surface area contributed by atoms with Crippen LogP contribution in [0.3, 0.4) is 0 Å². The van der Waals surface area contributed by atoms with Gasteiger partial charge in [0.15, 0.2) is 0 Å². The molecular formula is C43H25N9. The Labute approximate surface area is 296 Å². The van der Waals surface area contributed by atoms with Crippen molar-refractivity contribution in [3.8, 4) is 35.3 Å². The molecule has 9 aromatic rings. The van der Waals surface area contributed by atoms with Gasteiger partial charge in [0, 0.05) is 40.6 Å². The third kappa shape index (κ3) is 3.81. The highest BCUT2D eigenvalue weighted by Gasteiger charge is 2.34. The largest absolute Gasteiger partial charge is 0.309 e. The zero-order valence-electron chi connectivity index (χ0n) is 27.8. The summed E-state index contributed by atoms with van der Waals surface area (Å²) in [4.78, 5) is 14.3. The fraction of sp³-hybridized carbons (Fsp3) is 0.0698. The summed E-state index contributed by atoms with van der Waals surface area (Å²) in [5.41, 5.74) is 9.73. The van der Waals surface area contributed by atoms with Gasteiger partial charge in [-0.3, -0.25) is 15.0 Å². The molecule has 52 heavy (non-hydrogen) atoms. The molecule has 10 rings (SSSR count). The van der Waals surface area contributed by atoms with Gasteiger partial charge in [-0.25, -0.2) is 0 Å². The molecule has 0 N–H and O–H groups in total. The van der Waals surface area contributed by atoms with Crippen molar-refractivity contribution in [3.63, 3.8) is 0 Å². The van der Waals surface area contributed by atoms with Gasteiger partial charge < -0.3 is 13.7 Å². The lowest BCUT2D eigenvalue weighted by Crippen LogP contribution is -2.16. The number of nitriles is 3. The zero-order chi connectivity index (χ0) is 35.1. The predicted molar refractivity (Wildman–Crippen MR) is 201 cm³/mol. The monoisotopic (exact) mass is 667 g/mol. The molecule has 1 atom stereocenters. The number of fused-ring (bicyclic) bond motifs is 9. The average Bonchev–Trinajstić information content (AvgIpc) is 3.82. The summed E-state index contributed by atoms with van der Waals surface area (Å²) in [5.74, 6) is 0.204. The average molecular weight is 668 g/mol. The standard InChI is InChI=1S/C43H25N9/c1-25-16-17-28-37(21-25)52(36-15-8-20-49-40(28)36)43-30(23-45)41(50-32-11-4-2-9-26(32)38-34(50)13-6-18-47-38)29(22-44)42(31(43)24-46)51-33-12-5-3-10-27(33)39-35(51)14-7-19-48-39/h2-20,25H,21H2,1H3. The molecule has 0 amide bonds. The molecule has 1 aliphatic carbocycles. The maximum atomic E-state index is 11.4. The molecule has 242 valence electrons. The Kier molecular flexibility index (Phi) is 6.21. The number of hydrogen-bond acceptors (Lipinski definition) is 6. The molecule has 9 nitrogen and oxygen atoms in total. The molecular weight excluding hydrogens is 643 g/mol. The fourth-order valence-electron chi connectivity index (χ4n) is 8.20. The maximum Gasteiger partial charge on any atom is 0.104 e. The number of rotatable bonds is 3. The van der Waals surface area contributed by atoms with E-state index in [2.05, 4.69) is 37.3 Å². The molecule has 6 heterocycles. The minimum Gasteiger partial charge on any atom is -0.309 e. The van der Waals surface area contributed by atoms with Crippen LogP contribution in [0, 0.1) is 39.9 Å². The van der Waals surface area contributed by atoms with Crippen molar-refractivity contribution in [1.29, 1.82) is 15.8 Å². The van der Waals surface area contributed by atoms with Crippen LogP contribution >= 0.6 is 0 Å². The molecule has 0 saturated heterocycles. The highest BCUT2D eigenvalue weighted by molar-refractivity contribution is 6.10. The summed E-state index contributed by atoms with van der Waals surface area (Å²) in [6, 6.07) is 34.8. The van der Waals surface area contributed by atoms with Crippen molar-refractivity contribution < 1.29 is 0 Å². The Morgan fingerprint density at radius 2 is 0.962 bits per heavy atom. The van der Waals surface area contributed by atoms with Crippen LogP contribution in [-0.4, -0.2) is 28.7 Å². The molecule has 0 aliphatic heterocycles. The first-order valence-electron chi connectivity index (χ1n) is 16.9. The fourth-order valence-corrected chi connectivity index (χ4v) is 8.20. The molecule has 9 heteroatoms. The van der Waals surface area contributed by atoms with Crippen molar-refractivity contribution in [3.05, 3.63) is 138 Å². The third-order valence-corrected chi connectivity index (χ3v) is 10.3. The molecule has 0 bridgehead atoms. The van der Waals surface area contributed by atoms with E-state index in [9.17, 15) is 15.8 Å². The van der Waals surface area contributed by atoms with Gasteiger partial charge in [-0.1, -0.05) is 55.5 Å². The number of para-hydroxylation sites is 2. The van der Waals surface area contributed by atoms with E-state index in [1.807, 2.05) is 98.6 Å². The van der Waals surface area contributed by atoms with E-state index in [1.165, 1.54) is 0 Å². The second kappa shape index (κ2) is 11.0. The number of allylic oxidation sites excluding steroid dienone is 1. The number of benzene rings is 3. The quantitative estimate of drug-likeness (QED) is 0.185. The number of hydrogen-bond donors (Lipinski definition) is 0. The van der Waals surface area contributed by atoms with Crippen LogP contribution in [-0.2, 0) is 6.42 Å². The minimum absolute atomic E-state index is 0.187. The van der Waals surface area contributed by atoms with Crippen molar-refractivity contribution in [2.45, 2.75) is 13.3 Å². The Hall–Kier alpha value is -7.54. The molecule has 0 radical (unpaired) electrons. The van der Waals surface area contributed by atoms with E-state index in [-0.39, 0.29) is 22.6 Å². The Morgan fingerprint density at radius 1 is 0.538 bits per heavy atom. The van der Waals surface area contributed by atoms with Crippen LogP contribution in [0.1, 0.15) is 34.9 Å². The molecule has 0 saturated carbocycles. The Balaban J connectivity index is 1.51. The van der Waals surface area contributed by atoms with Crippen LogP contribution < -0.4 is 0 Å². The van der Waals surface area contributed by atoms with Crippen molar-refractivity contribution >= 4 is 61.0 Å². The highest BCUT2D eigenvalue weighted by atomic mass is 15.1. The van der Waals surface area contributed by atoms with Crippen molar-refractivity contribution in [1.82, 2.24) is 28.7 Å². The van der Waals surface area contributed by atoms with Crippen molar-refractivity contribution in [2.24, 2.45) is 5.92 Å². The first-order chi connectivity index (χ1) is 25.6. The smallest absolute Gasteiger partial charge is 0.104 e. The predicted octanol–water partition coefficient (Wildman–Crippen LogP) is 8.83. The number of nitrogens with zero attached hydrogens (tertiary/aromatic N) is 9. The van der Waals surface area contributed by atoms with Gasteiger partial charge in [-0.2, -0.15) is 15.8 Å². The van der Waals surface area contributed by atoms with Gasteiger partial charge in [0.1, 0.15) is 34.9 Å². The zero-order valence-corrected chi connectivity index (χ0v) is 27.8. The highest BCUT2D eigenvalue weighted by Crippen LogP contribution is 2.45. The molecule has 6 aromatic heterocycles. The Bertz CT molecular complexity index is 2910. The number of pyridine rings is 3. The lowest BCUT2D eigenvalue weighted by atomic mass is 9.94. The van der Waals surface area contributed by atoms with Crippen LogP contribution in [0.4, 0.5) is 0 Å². The lowest BCUT2D eigenvalue weighted by molar-refractivity contribution is 0.690. The minimum atomic E-state index is 0.187. The molecule has 1 unspecified atom stereocenters. The van der Waals surface area contributed by atoms with E-state index >= 15 is 0 Å². The summed E-state index contributed by atoms with van der Waals surface area (Å²) in [6.07, 6.45) is 10.2. The Morgan fingerprint density at radius 3 is 1.46 bits per heavy atom. The van der Waals surface area contributed by atoms with Gasteiger partial charge in [-0.15, -0.1) is 0 Å². The molecule has 0 spiro atoms. The molecule has 1 aliphatic rings. The first-order valence-corrected chi connectivity index (χ1v) is 16.9. The van der Waals surface area contributed by atoms with E-state index in [1.54, 1.807) is 18.6 Å². The summed E-state index contributed by atoms with van der Waals surface area (Å²) in [6.45, 7) is 2.15. The second-order valence-corrected chi connectivity index (χ2v) is 13.1. The van der Waals surface area contributed by atoms with Gasteiger partial charge in [0.25, 0.3) is 0 Å². The summed E-state index contributed by atoms with van der Waals surface area (Å²) >= 11 is 0. The number of aromatic nitrogens is 6. The van der Waals surface area contributed by atoms with Crippen LogP contribution in [0.15, 0.2) is 110 Å². The SMILES string of the molecule is CC1C=Cc2c(n(-c3c(C#N)c(-n4c5ccccc5c5ncccc54)c(C#N)c(-n4c5ccccc5c5ncccc54)c3C#N)c3cccnc23)C1. The first kappa shape index (κ1) is 29.4. The second-order valence-electron chi connectivity index (χ2n) is 13.1. The van der Waals surface area contributed by atoms with Crippen molar-refractivity contribution in [2.75, 3.05) is 0 Å². The van der Waals surface area contributed by atoms with Gasteiger partial charge >= 0.3 is 0 Å². The molecule has 0 fully saturated rings. The van der Waals surface area contributed by atoms with Gasteiger partial charge in [0.05, 0.1) is 61.2 Å². The normalized spacial score (nSPS) is 13.8. The lowest BCUT2D eigenvalue weighted by Gasteiger charge is -2.24. The van der Waals surface area contributed by atoms with Gasteiger partial charge in [-0.05, 0) is 60.9 Å². The third-order valence-electron chi connectivity index (χ3n) is 10.3. The summed E-state index contributed by atoms with van der Waals surface area (Å²) < 4.78 is 5.98. The topological polar surface area (TPSA) is 125 Å². The summed E-state index contributed by atoms with van der Waals surface area (Å²) in [5, 5.41) is 36.0. The van der Waals surface area contributed by atoms with E-state index in [4.69, 9.17) is 15.0 Å².